The monoisotopic (exact) mass is 358 g/mol. The van der Waals surface area contributed by atoms with Crippen LogP contribution in [0.4, 0.5) is 5.82 Å². The van der Waals surface area contributed by atoms with E-state index in [0.29, 0.717) is 35.9 Å². The van der Waals surface area contributed by atoms with E-state index in [-0.39, 0.29) is 0 Å². The number of aromatic nitrogens is 2. The molecule has 0 radical (unpaired) electrons. The van der Waals surface area contributed by atoms with Crippen LogP contribution in [-0.2, 0) is 10.0 Å². The van der Waals surface area contributed by atoms with Crippen LogP contribution in [-0.4, -0.2) is 48.9 Å². The van der Waals surface area contributed by atoms with Crippen LogP contribution in [0.1, 0.15) is 12.8 Å². The molecule has 2 aromatic rings. The van der Waals surface area contributed by atoms with Crippen molar-refractivity contribution in [2.45, 2.75) is 23.8 Å². The Kier molecular flexibility index (Phi) is 4.21. The van der Waals surface area contributed by atoms with Gasteiger partial charge in [0.05, 0.1) is 11.1 Å². The van der Waals surface area contributed by atoms with Crippen molar-refractivity contribution >= 4 is 15.8 Å². The summed E-state index contributed by atoms with van der Waals surface area (Å²) in [6, 6.07) is 9.03. The molecule has 1 aliphatic carbocycles. The lowest BCUT2D eigenvalue weighted by Gasteiger charge is -2.30. The molecule has 132 valence electrons. The molecule has 0 spiro atoms. The summed E-state index contributed by atoms with van der Waals surface area (Å²) < 4.78 is 27.5. The molecule has 6 nitrogen and oxygen atoms in total. The van der Waals surface area contributed by atoms with Gasteiger partial charge in [-0.2, -0.15) is 4.31 Å². The normalized spacial score (nSPS) is 26.5. The molecule has 1 aromatic carbocycles. The van der Waals surface area contributed by atoms with Gasteiger partial charge in [-0.1, -0.05) is 18.2 Å². The topological polar surface area (TPSA) is 66.4 Å². The number of fused-ring (bicyclic) bond motifs is 1. The lowest BCUT2D eigenvalue weighted by atomic mass is 9.97. The third-order valence-electron chi connectivity index (χ3n) is 5.57. The summed E-state index contributed by atoms with van der Waals surface area (Å²) in [6.45, 7) is 1.20. The van der Waals surface area contributed by atoms with Crippen molar-refractivity contribution < 1.29 is 8.42 Å². The number of sulfonamides is 1. The molecule has 4 rings (SSSR count). The molecular weight excluding hydrogens is 336 g/mol. The molecule has 0 bridgehead atoms. The SMILES string of the molecule is CN(c1cnccn1)[C@@H]1CC[C@@H]2CN(S(=O)(=O)c3ccccc3)C[C@@H]21. The second kappa shape index (κ2) is 6.38. The smallest absolute Gasteiger partial charge is 0.243 e. The highest BCUT2D eigenvalue weighted by Gasteiger charge is 2.47. The average molecular weight is 358 g/mol. The Hall–Kier alpha value is -1.99. The zero-order valence-corrected chi connectivity index (χ0v) is 15.0. The Bertz CT molecular complexity index is 829. The molecule has 2 aliphatic rings. The van der Waals surface area contributed by atoms with Crippen molar-refractivity contribution in [2.24, 2.45) is 11.8 Å². The third-order valence-corrected chi connectivity index (χ3v) is 7.42. The zero-order chi connectivity index (χ0) is 17.4. The molecule has 1 aromatic heterocycles. The maximum atomic E-state index is 12.9. The molecule has 0 N–H and O–H groups in total. The fourth-order valence-corrected chi connectivity index (χ4v) is 5.81. The van der Waals surface area contributed by atoms with E-state index in [9.17, 15) is 8.42 Å². The number of anilines is 1. The van der Waals surface area contributed by atoms with Crippen LogP contribution < -0.4 is 4.90 Å². The largest absolute Gasteiger partial charge is 0.355 e. The van der Waals surface area contributed by atoms with Gasteiger partial charge in [0.25, 0.3) is 0 Å². The van der Waals surface area contributed by atoms with E-state index >= 15 is 0 Å². The first-order valence-electron chi connectivity index (χ1n) is 8.61. The standard InChI is InChI=1S/C18H22N4O2S/c1-21(18-11-19-9-10-20-18)17-8-7-14-12-22(13-16(14)17)25(23,24)15-5-3-2-4-6-15/h2-6,9-11,14,16-17H,7-8,12-13H2,1H3/t14-,16+,17-/m1/s1. The summed E-state index contributed by atoms with van der Waals surface area (Å²) in [7, 11) is -1.37. The van der Waals surface area contributed by atoms with Crippen LogP contribution in [0.15, 0.2) is 53.8 Å². The van der Waals surface area contributed by atoms with Gasteiger partial charge in [-0.25, -0.2) is 13.4 Å². The second-order valence-corrected chi connectivity index (χ2v) is 8.82. The maximum absolute atomic E-state index is 12.9. The Morgan fingerprint density at radius 1 is 1.12 bits per heavy atom. The predicted molar refractivity (Wildman–Crippen MR) is 95.6 cm³/mol. The first kappa shape index (κ1) is 16.5. The summed E-state index contributed by atoms with van der Waals surface area (Å²) >= 11 is 0. The van der Waals surface area contributed by atoms with Gasteiger partial charge in [-0.05, 0) is 36.8 Å². The predicted octanol–water partition coefficient (Wildman–Crippen LogP) is 2.01. The fraction of sp³-hybridized carbons (Fsp3) is 0.444. The van der Waals surface area contributed by atoms with Crippen LogP contribution >= 0.6 is 0 Å². The second-order valence-electron chi connectivity index (χ2n) is 6.88. The van der Waals surface area contributed by atoms with Gasteiger partial charge in [0.1, 0.15) is 5.82 Å². The van der Waals surface area contributed by atoms with Crippen molar-refractivity contribution in [3.05, 3.63) is 48.9 Å². The van der Waals surface area contributed by atoms with Gasteiger partial charge in [-0.15, -0.1) is 0 Å². The van der Waals surface area contributed by atoms with E-state index in [4.69, 9.17) is 0 Å². The van der Waals surface area contributed by atoms with Crippen molar-refractivity contribution in [1.29, 1.82) is 0 Å². The van der Waals surface area contributed by atoms with Crippen LogP contribution in [0, 0.1) is 11.8 Å². The van der Waals surface area contributed by atoms with Crippen molar-refractivity contribution in [2.75, 3.05) is 25.0 Å². The van der Waals surface area contributed by atoms with Crippen molar-refractivity contribution in [1.82, 2.24) is 14.3 Å². The maximum Gasteiger partial charge on any atom is 0.243 e. The minimum Gasteiger partial charge on any atom is -0.355 e. The van der Waals surface area contributed by atoms with Crippen LogP contribution in [0.25, 0.3) is 0 Å². The highest BCUT2D eigenvalue weighted by atomic mass is 32.2. The Labute approximate surface area is 148 Å². The molecule has 0 amide bonds. The van der Waals surface area contributed by atoms with Crippen LogP contribution in [0.2, 0.25) is 0 Å². The Balaban J connectivity index is 1.54. The van der Waals surface area contributed by atoms with Gasteiger partial charge >= 0.3 is 0 Å². The van der Waals surface area contributed by atoms with Crippen LogP contribution in [0.5, 0.6) is 0 Å². The molecule has 7 heteroatoms. The van der Waals surface area contributed by atoms with Gasteiger partial charge in [0.2, 0.25) is 10.0 Å². The first-order valence-corrected chi connectivity index (χ1v) is 10.1. The number of rotatable bonds is 4. The molecule has 1 saturated heterocycles. The Morgan fingerprint density at radius 3 is 2.64 bits per heavy atom. The highest BCUT2D eigenvalue weighted by molar-refractivity contribution is 7.89. The van der Waals surface area contributed by atoms with E-state index in [2.05, 4.69) is 14.9 Å². The zero-order valence-electron chi connectivity index (χ0n) is 14.2. The lowest BCUT2D eigenvalue weighted by molar-refractivity contribution is 0.417. The van der Waals surface area contributed by atoms with E-state index in [1.54, 1.807) is 47.2 Å². The molecule has 1 aliphatic heterocycles. The summed E-state index contributed by atoms with van der Waals surface area (Å²) in [5, 5.41) is 0. The summed E-state index contributed by atoms with van der Waals surface area (Å²) in [5.41, 5.74) is 0. The summed E-state index contributed by atoms with van der Waals surface area (Å²) in [4.78, 5) is 11.1. The third kappa shape index (κ3) is 2.91. The van der Waals surface area contributed by atoms with Gasteiger partial charge in [0.15, 0.2) is 0 Å². The average Bonchev–Trinajstić information content (AvgIpc) is 3.24. The fourth-order valence-electron chi connectivity index (χ4n) is 4.26. The van der Waals surface area contributed by atoms with E-state index in [0.717, 1.165) is 18.7 Å². The molecule has 25 heavy (non-hydrogen) atoms. The van der Waals surface area contributed by atoms with Crippen molar-refractivity contribution in [3.63, 3.8) is 0 Å². The molecule has 2 fully saturated rings. The molecule has 1 saturated carbocycles. The molecule has 2 heterocycles. The van der Waals surface area contributed by atoms with E-state index in [1.807, 2.05) is 13.1 Å². The van der Waals surface area contributed by atoms with Gasteiger partial charge in [0, 0.05) is 38.6 Å². The quantitative estimate of drug-likeness (QED) is 0.836. The lowest BCUT2D eigenvalue weighted by Crippen LogP contribution is -2.39. The minimum atomic E-state index is -3.41. The molecule has 0 unspecified atom stereocenters. The minimum absolute atomic E-state index is 0.303. The first-order chi connectivity index (χ1) is 12.1. The van der Waals surface area contributed by atoms with Gasteiger partial charge < -0.3 is 4.90 Å². The van der Waals surface area contributed by atoms with Crippen LogP contribution in [0.3, 0.4) is 0 Å². The number of nitrogens with zero attached hydrogens (tertiary/aromatic N) is 4. The number of hydrogen-bond acceptors (Lipinski definition) is 5. The van der Waals surface area contributed by atoms with Gasteiger partial charge in [-0.3, -0.25) is 4.98 Å². The molecular formula is C18H22N4O2S. The highest BCUT2D eigenvalue weighted by Crippen LogP contribution is 2.42. The van der Waals surface area contributed by atoms with Crippen molar-refractivity contribution in [3.8, 4) is 0 Å². The van der Waals surface area contributed by atoms with E-state index < -0.39 is 10.0 Å². The summed E-state index contributed by atoms with van der Waals surface area (Å²) in [6.07, 6.45) is 7.25. The summed E-state index contributed by atoms with van der Waals surface area (Å²) in [5.74, 6) is 1.60. The number of benzene rings is 1. The molecule has 3 atom stereocenters. The number of hydrogen-bond donors (Lipinski definition) is 0. The van der Waals surface area contributed by atoms with E-state index in [1.165, 1.54) is 0 Å². The Morgan fingerprint density at radius 2 is 1.92 bits per heavy atom.